The highest BCUT2D eigenvalue weighted by Crippen LogP contribution is 2.28. The van der Waals surface area contributed by atoms with Crippen molar-refractivity contribution >= 4 is 23.2 Å². The van der Waals surface area contributed by atoms with E-state index in [1.807, 2.05) is 27.8 Å². The number of ketones is 1. The Bertz CT molecular complexity index is 509. The second kappa shape index (κ2) is 5.60. The van der Waals surface area contributed by atoms with Crippen LogP contribution in [0.2, 0.25) is 0 Å². The molecule has 0 spiro atoms. The molecule has 1 aromatic heterocycles. The van der Waals surface area contributed by atoms with Crippen molar-refractivity contribution in [2.24, 2.45) is 0 Å². The van der Waals surface area contributed by atoms with Gasteiger partial charge in [0, 0.05) is 31.3 Å². The van der Waals surface area contributed by atoms with Gasteiger partial charge in [-0.05, 0) is 24.4 Å². The van der Waals surface area contributed by atoms with E-state index < -0.39 is 0 Å². The minimum atomic E-state index is -0.193. The van der Waals surface area contributed by atoms with E-state index in [1.165, 1.54) is 0 Å². The van der Waals surface area contributed by atoms with E-state index in [0.717, 1.165) is 30.1 Å². The zero-order valence-corrected chi connectivity index (χ0v) is 13.3. The Morgan fingerprint density at radius 2 is 1.90 bits per heavy atom. The molecule has 0 atom stereocenters. The maximum atomic E-state index is 12.6. The Kier molecular flexibility index (Phi) is 4.22. The van der Waals surface area contributed by atoms with Gasteiger partial charge in [-0.25, -0.2) is 0 Å². The lowest BCUT2D eigenvalue weighted by Crippen LogP contribution is -2.40. The quantitative estimate of drug-likeness (QED) is 0.840. The van der Waals surface area contributed by atoms with Gasteiger partial charge in [0.15, 0.2) is 0 Å². The van der Waals surface area contributed by atoms with Gasteiger partial charge in [-0.1, -0.05) is 25.3 Å². The third-order valence-corrected chi connectivity index (χ3v) is 4.49. The second-order valence-corrected chi connectivity index (χ2v) is 7.14. The molecule has 0 saturated heterocycles. The summed E-state index contributed by atoms with van der Waals surface area (Å²) < 4.78 is 3.94. The van der Waals surface area contributed by atoms with Crippen molar-refractivity contribution in [2.75, 3.05) is 7.05 Å². The van der Waals surface area contributed by atoms with Crippen LogP contribution in [0.4, 0.5) is 0 Å². The SMILES string of the molecule is CN(C(=O)c1snnc1C(C)(C)C)C1CCC(=O)CC1. The Morgan fingerprint density at radius 3 is 2.45 bits per heavy atom. The number of amides is 1. The third kappa shape index (κ3) is 3.06. The number of nitrogens with zero attached hydrogens (tertiary/aromatic N) is 3. The lowest BCUT2D eigenvalue weighted by Gasteiger charge is -2.31. The first kappa shape index (κ1) is 15.1. The Hall–Kier alpha value is -1.30. The van der Waals surface area contributed by atoms with Crippen LogP contribution >= 0.6 is 11.5 Å². The van der Waals surface area contributed by atoms with Gasteiger partial charge in [0.2, 0.25) is 0 Å². The van der Waals surface area contributed by atoms with Crippen molar-refractivity contribution in [2.45, 2.75) is 57.9 Å². The Balaban J connectivity index is 2.15. The Labute approximate surface area is 123 Å². The van der Waals surface area contributed by atoms with Crippen LogP contribution in [0.5, 0.6) is 0 Å². The van der Waals surface area contributed by atoms with Crippen LogP contribution in [0.1, 0.15) is 61.8 Å². The van der Waals surface area contributed by atoms with Gasteiger partial charge < -0.3 is 4.90 Å². The summed E-state index contributed by atoms with van der Waals surface area (Å²) in [6, 6.07) is 0.148. The smallest absolute Gasteiger partial charge is 0.267 e. The maximum absolute atomic E-state index is 12.6. The zero-order valence-electron chi connectivity index (χ0n) is 12.5. The van der Waals surface area contributed by atoms with Crippen molar-refractivity contribution in [3.05, 3.63) is 10.6 Å². The monoisotopic (exact) mass is 295 g/mol. The van der Waals surface area contributed by atoms with Gasteiger partial charge in [-0.3, -0.25) is 9.59 Å². The molecule has 1 aliphatic rings. The zero-order chi connectivity index (χ0) is 14.9. The molecule has 0 bridgehead atoms. The molecule has 1 fully saturated rings. The normalized spacial score (nSPS) is 17.3. The van der Waals surface area contributed by atoms with Crippen LogP contribution in [-0.2, 0) is 10.2 Å². The fraction of sp³-hybridized carbons (Fsp3) is 0.714. The van der Waals surface area contributed by atoms with Crippen LogP contribution in [0, 0.1) is 0 Å². The summed E-state index contributed by atoms with van der Waals surface area (Å²) >= 11 is 1.16. The molecular weight excluding hydrogens is 274 g/mol. The van der Waals surface area contributed by atoms with E-state index in [1.54, 1.807) is 4.90 Å². The average molecular weight is 295 g/mol. The molecule has 0 radical (unpaired) electrons. The fourth-order valence-electron chi connectivity index (χ4n) is 2.46. The largest absolute Gasteiger partial charge is 0.338 e. The van der Waals surface area contributed by atoms with Crippen LogP contribution in [0.3, 0.4) is 0 Å². The Morgan fingerprint density at radius 1 is 1.30 bits per heavy atom. The lowest BCUT2D eigenvalue weighted by molar-refractivity contribution is -0.121. The molecule has 5 nitrogen and oxygen atoms in total. The fourth-order valence-corrected chi connectivity index (χ4v) is 3.32. The topological polar surface area (TPSA) is 63.2 Å². The van der Waals surface area contributed by atoms with E-state index >= 15 is 0 Å². The molecule has 0 aliphatic heterocycles. The molecule has 110 valence electrons. The highest BCUT2D eigenvalue weighted by Gasteiger charge is 2.31. The van der Waals surface area contributed by atoms with E-state index in [-0.39, 0.29) is 17.4 Å². The van der Waals surface area contributed by atoms with Crippen LogP contribution < -0.4 is 0 Å². The molecule has 0 unspecified atom stereocenters. The first-order valence-corrected chi connectivity index (χ1v) is 7.69. The van der Waals surface area contributed by atoms with E-state index in [4.69, 9.17) is 0 Å². The van der Waals surface area contributed by atoms with Crippen LogP contribution in [-0.4, -0.2) is 39.3 Å². The first-order valence-electron chi connectivity index (χ1n) is 6.92. The van der Waals surface area contributed by atoms with E-state index in [9.17, 15) is 9.59 Å². The van der Waals surface area contributed by atoms with Crippen molar-refractivity contribution in [1.82, 2.24) is 14.5 Å². The van der Waals surface area contributed by atoms with Gasteiger partial charge in [-0.2, -0.15) is 0 Å². The maximum Gasteiger partial charge on any atom is 0.267 e. The number of carbonyl (C=O) groups excluding carboxylic acids is 2. The summed E-state index contributed by atoms with van der Waals surface area (Å²) in [5, 5.41) is 4.12. The van der Waals surface area contributed by atoms with E-state index in [2.05, 4.69) is 9.59 Å². The van der Waals surface area contributed by atoms with Crippen LogP contribution in [0.15, 0.2) is 0 Å². The highest BCUT2D eigenvalue weighted by molar-refractivity contribution is 7.08. The number of hydrogen-bond acceptors (Lipinski definition) is 5. The molecule has 1 amide bonds. The minimum absolute atomic E-state index is 0.0238. The standard InChI is InChI=1S/C14H21N3O2S/c1-14(2,3)12-11(20-16-15-12)13(19)17(4)9-5-7-10(18)8-6-9/h9H,5-8H2,1-4H3. The van der Waals surface area contributed by atoms with Crippen molar-refractivity contribution in [3.8, 4) is 0 Å². The van der Waals surface area contributed by atoms with E-state index in [0.29, 0.717) is 23.5 Å². The van der Waals surface area contributed by atoms with Gasteiger partial charge in [0.25, 0.3) is 5.91 Å². The number of aromatic nitrogens is 2. The molecule has 6 heteroatoms. The molecule has 1 heterocycles. The summed E-state index contributed by atoms with van der Waals surface area (Å²) in [6.45, 7) is 6.08. The van der Waals surface area contributed by atoms with Crippen LogP contribution in [0.25, 0.3) is 0 Å². The van der Waals surface area contributed by atoms with Gasteiger partial charge in [-0.15, -0.1) is 5.10 Å². The van der Waals surface area contributed by atoms with Gasteiger partial charge in [0.1, 0.15) is 10.7 Å². The molecule has 2 rings (SSSR count). The lowest BCUT2D eigenvalue weighted by atomic mass is 9.90. The number of carbonyl (C=O) groups is 2. The highest BCUT2D eigenvalue weighted by atomic mass is 32.1. The predicted molar refractivity (Wildman–Crippen MR) is 78.0 cm³/mol. The molecule has 20 heavy (non-hydrogen) atoms. The second-order valence-electron chi connectivity index (χ2n) is 6.39. The molecule has 1 saturated carbocycles. The minimum Gasteiger partial charge on any atom is -0.338 e. The first-order chi connectivity index (χ1) is 9.30. The summed E-state index contributed by atoms with van der Waals surface area (Å²) in [5.74, 6) is 0.279. The molecule has 1 aliphatic carbocycles. The van der Waals surface area contributed by atoms with Gasteiger partial charge in [0.05, 0.1) is 5.69 Å². The number of hydrogen-bond donors (Lipinski definition) is 0. The third-order valence-electron chi connectivity index (χ3n) is 3.77. The summed E-state index contributed by atoms with van der Waals surface area (Å²) in [4.78, 5) is 26.3. The summed E-state index contributed by atoms with van der Waals surface area (Å²) in [7, 11) is 1.81. The molecule has 1 aromatic rings. The molecular formula is C14H21N3O2S. The summed E-state index contributed by atoms with van der Waals surface area (Å²) in [6.07, 6.45) is 2.68. The summed E-state index contributed by atoms with van der Waals surface area (Å²) in [5.41, 5.74) is 0.563. The van der Waals surface area contributed by atoms with Crippen molar-refractivity contribution in [3.63, 3.8) is 0 Å². The number of rotatable bonds is 2. The van der Waals surface area contributed by atoms with Crippen molar-refractivity contribution < 1.29 is 9.59 Å². The van der Waals surface area contributed by atoms with Crippen molar-refractivity contribution in [1.29, 1.82) is 0 Å². The molecule has 0 aromatic carbocycles. The predicted octanol–water partition coefficient (Wildman–Crippen LogP) is 2.42. The van der Waals surface area contributed by atoms with Gasteiger partial charge >= 0.3 is 0 Å². The molecule has 0 N–H and O–H groups in total. The number of Topliss-reactive ketones (excluding diaryl/α,β-unsaturated/α-hetero) is 1. The average Bonchev–Trinajstić information content (AvgIpc) is 2.87.